The molecule has 0 saturated carbocycles. The summed E-state index contributed by atoms with van der Waals surface area (Å²) in [6.07, 6.45) is 0. The normalized spacial score (nSPS) is 14.1. The second-order valence-corrected chi connectivity index (χ2v) is 8.78. The number of carbonyl (C=O) groups is 1. The van der Waals surface area contributed by atoms with Crippen LogP contribution in [0.3, 0.4) is 0 Å². The van der Waals surface area contributed by atoms with Gasteiger partial charge in [0.1, 0.15) is 11.5 Å². The molecule has 1 aliphatic heterocycles. The van der Waals surface area contributed by atoms with Gasteiger partial charge in [-0.3, -0.25) is 4.79 Å². The number of ether oxygens (including phenoxy) is 1. The van der Waals surface area contributed by atoms with Crippen LogP contribution in [0.2, 0.25) is 5.02 Å². The molecule has 0 N–H and O–H groups in total. The second-order valence-electron chi connectivity index (χ2n) is 7.33. The number of fused-ring (bicyclic) bond motifs is 1. The van der Waals surface area contributed by atoms with Crippen LogP contribution in [0.25, 0.3) is 10.2 Å². The number of aromatic nitrogens is 1. The number of hydrogen-bond donors (Lipinski definition) is 0. The predicted octanol–water partition coefficient (Wildman–Crippen LogP) is 5.70. The molecule has 0 atom stereocenters. The first-order valence-corrected chi connectivity index (χ1v) is 11.3. The second kappa shape index (κ2) is 8.57. The van der Waals surface area contributed by atoms with Gasteiger partial charge in [0.25, 0.3) is 5.91 Å². The number of thiazole rings is 1. The van der Waals surface area contributed by atoms with E-state index in [-0.39, 0.29) is 5.91 Å². The lowest BCUT2D eigenvalue weighted by Crippen LogP contribution is -2.48. The van der Waals surface area contributed by atoms with E-state index in [2.05, 4.69) is 4.90 Å². The van der Waals surface area contributed by atoms with Crippen molar-refractivity contribution < 1.29 is 9.53 Å². The Bertz CT molecular complexity index is 1220. The minimum absolute atomic E-state index is 0.0224. The van der Waals surface area contributed by atoms with E-state index >= 15 is 0 Å². The third kappa shape index (κ3) is 4.36. The lowest BCUT2D eigenvalue weighted by molar-refractivity contribution is 0.0746. The zero-order chi connectivity index (χ0) is 21.2. The maximum Gasteiger partial charge on any atom is 0.254 e. The van der Waals surface area contributed by atoms with Crippen LogP contribution >= 0.6 is 22.9 Å². The number of para-hydroxylation sites is 1. The number of hydrogen-bond acceptors (Lipinski definition) is 5. The van der Waals surface area contributed by atoms with Gasteiger partial charge in [0.05, 0.1) is 10.2 Å². The summed E-state index contributed by atoms with van der Waals surface area (Å²) >= 11 is 7.73. The first kappa shape index (κ1) is 19.8. The number of piperazine rings is 1. The van der Waals surface area contributed by atoms with E-state index in [0.29, 0.717) is 24.4 Å². The molecule has 1 saturated heterocycles. The molecule has 5 nitrogen and oxygen atoms in total. The van der Waals surface area contributed by atoms with Crippen molar-refractivity contribution in [1.29, 1.82) is 0 Å². The molecular weight excluding hydrogens is 430 g/mol. The summed E-state index contributed by atoms with van der Waals surface area (Å²) < 4.78 is 6.95. The topological polar surface area (TPSA) is 45.7 Å². The average Bonchev–Trinajstić information content (AvgIpc) is 3.23. The molecular formula is C24H20ClN3O2S. The quantitative estimate of drug-likeness (QED) is 0.400. The maximum absolute atomic E-state index is 13.1. The Balaban J connectivity index is 1.25. The van der Waals surface area contributed by atoms with Crippen LogP contribution in [0.5, 0.6) is 11.5 Å². The summed E-state index contributed by atoms with van der Waals surface area (Å²) in [6, 6.07) is 22.7. The number of anilines is 1. The number of benzene rings is 3. The van der Waals surface area contributed by atoms with Gasteiger partial charge in [-0.05, 0) is 48.5 Å². The highest BCUT2D eigenvalue weighted by molar-refractivity contribution is 7.22. The van der Waals surface area contributed by atoms with Crippen LogP contribution in [0.4, 0.5) is 5.13 Å². The molecule has 1 amide bonds. The highest BCUT2D eigenvalue weighted by Crippen LogP contribution is 2.31. The van der Waals surface area contributed by atoms with Crippen LogP contribution in [0.1, 0.15) is 10.4 Å². The summed E-state index contributed by atoms with van der Waals surface area (Å²) in [5.74, 6) is 1.43. The number of amides is 1. The van der Waals surface area contributed by atoms with Gasteiger partial charge in [-0.2, -0.15) is 0 Å². The molecule has 0 unspecified atom stereocenters. The molecule has 0 aliphatic carbocycles. The molecule has 0 spiro atoms. The molecule has 7 heteroatoms. The van der Waals surface area contributed by atoms with Crippen molar-refractivity contribution in [2.75, 3.05) is 31.1 Å². The molecule has 0 bridgehead atoms. The fourth-order valence-corrected chi connectivity index (χ4v) is 4.92. The van der Waals surface area contributed by atoms with Crippen LogP contribution in [0.15, 0.2) is 72.8 Å². The number of rotatable bonds is 4. The Morgan fingerprint density at radius 1 is 0.903 bits per heavy atom. The summed E-state index contributed by atoms with van der Waals surface area (Å²) in [5, 5.41) is 1.69. The minimum atomic E-state index is 0.0224. The van der Waals surface area contributed by atoms with Crippen molar-refractivity contribution in [3.8, 4) is 11.5 Å². The molecule has 1 aromatic heterocycles. The van der Waals surface area contributed by atoms with E-state index in [0.717, 1.165) is 39.2 Å². The maximum atomic E-state index is 13.1. The zero-order valence-corrected chi connectivity index (χ0v) is 18.3. The lowest BCUT2D eigenvalue weighted by Gasteiger charge is -2.34. The zero-order valence-electron chi connectivity index (χ0n) is 16.7. The van der Waals surface area contributed by atoms with Crippen molar-refractivity contribution in [2.45, 2.75) is 0 Å². The van der Waals surface area contributed by atoms with Gasteiger partial charge in [-0.1, -0.05) is 47.2 Å². The highest BCUT2D eigenvalue weighted by atomic mass is 35.5. The Kier molecular flexibility index (Phi) is 5.49. The van der Waals surface area contributed by atoms with Gasteiger partial charge in [0, 0.05) is 36.8 Å². The van der Waals surface area contributed by atoms with Gasteiger partial charge in [-0.15, -0.1) is 0 Å². The number of carbonyl (C=O) groups excluding carboxylic acids is 1. The Morgan fingerprint density at radius 2 is 1.68 bits per heavy atom. The monoisotopic (exact) mass is 449 g/mol. The molecule has 1 aliphatic rings. The molecule has 0 radical (unpaired) electrons. The molecule has 5 rings (SSSR count). The highest BCUT2D eigenvalue weighted by Gasteiger charge is 2.24. The fourth-order valence-electron chi connectivity index (χ4n) is 3.62. The first-order valence-electron chi connectivity index (χ1n) is 10.1. The van der Waals surface area contributed by atoms with E-state index in [4.69, 9.17) is 21.3 Å². The van der Waals surface area contributed by atoms with E-state index < -0.39 is 0 Å². The predicted molar refractivity (Wildman–Crippen MR) is 126 cm³/mol. The number of nitrogens with zero attached hydrogens (tertiary/aromatic N) is 3. The Hall–Kier alpha value is -3.09. The van der Waals surface area contributed by atoms with Gasteiger partial charge in [0.15, 0.2) is 5.13 Å². The third-order valence-electron chi connectivity index (χ3n) is 5.24. The van der Waals surface area contributed by atoms with E-state index in [1.807, 2.05) is 71.6 Å². The van der Waals surface area contributed by atoms with Gasteiger partial charge < -0.3 is 14.5 Å². The lowest BCUT2D eigenvalue weighted by atomic mass is 10.1. The van der Waals surface area contributed by atoms with Gasteiger partial charge >= 0.3 is 0 Å². The molecule has 31 heavy (non-hydrogen) atoms. The van der Waals surface area contributed by atoms with Gasteiger partial charge in [0.2, 0.25) is 0 Å². The van der Waals surface area contributed by atoms with Crippen LogP contribution in [-0.2, 0) is 0 Å². The van der Waals surface area contributed by atoms with Crippen molar-refractivity contribution in [2.24, 2.45) is 0 Å². The SMILES string of the molecule is O=C(c1cccc(Oc2ccccc2)c1)N1CCN(c2nc3ccc(Cl)cc3s2)CC1. The van der Waals surface area contributed by atoms with Crippen LogP contribution in [0, 0.1) is 0 Å². The summed E-state index contributed by atoms with van der Waals surface area (Å²) in [4.78, 5) is 21.9. The molecule has 1 fully saturated rings. The molecule has 3 aromatic carbocycles. The summed E-state index contributed by atoms with van der Waals surface area (Å²) in [5.41, 5.74) is 1.59. The average molecular weight is 450 g/mol. The van der Waals surface area contributed by atoms with E-state index in [1.165, 1.54) is 0 Å². The Morgan fingerprint density at radius 3 is 2.48 bits per heavy atom. The minimum Gasteiger partial charge on any atom is -0.457 e. The number of halogens is 1. The van der Waals surface area contributed by atoms with Crippen molar-refractivity contribution in [3.63, 3.8) is 0 Å². The standard InChI is InChI=1S/C24H20ClN3O2S/c25-18-9-10-21-22(16-18)31-24(26-21)28-13-11-27(12-14-28)23(29)17-5-4-8-20(15-17)30-19-6-2-1-3-7-19/h1-10,15-16H,11-14H2. The van der Waals surface area contributed by atoms with E-state index in [9.17, 15) is 4.79 Å². The molecule has 156 valence electrons. The van der Waals surface area contributed by atoms with Gasteiger partial charge in [-0.25, -0.2) is 4.98 Å². The van der Waals surface area contributed by atoms with Crippen molar-refractivity contribution >= 4 is 44.2 Å². The van der Waals surface area contributed by atoms with Crippen molar-refractivity contribution in [1.82, 2.24) is 9.88 Å². The largest absolute Gasteiger partial charge is 0.457 e. The molecule has 2 heterocycles. The fraction of sp³-hybridized carbons (Fsp3) is 0.167. The van der Waals surface area contributed by atoms with Crippen LogP contribution < -0.4 is 9.64 Å². The smallest absolute Gasteiger partial charge is 0.254 e. The first-order chi connectivity index (χ1) is 15.2. The van der Waals surface area contributed by atoms with Crippen molar-refractivity contribution in [3.05, 3.63) is 83.4 Å². The summed E-state index contributed by atoms with van der Waals surface area (Å²) in [6.45, 7) is 2.80. The summed E-state index contributed by atoms with van der Waals surface area (Å²) in [7, 11) is 0. The van der Waals surface area contributed by atoms with Crippen LogP contribution in [-0.4, -0.2) is 42.0 Å². The molecule has 4 aromatic rings. The Labute approximate surface area is 189 Å². The van der Waals surface area contributed by atoms with E-state index in [1.54, 1.807) is 17.4 Å². The third-order valence-corrected chi connectivity index (χ3v) is 6.55.